The molecule has 3 heterocycles. The van der Waals surface area contributed by atoms with E-state index in [9.17, 15) is 4.79 Å². The highest BCUT2D eigenvalue weighted by molar-refractivity contribution is 7.22. The van der Waals surface area contributed by atoms with Crippen LogP contribution >= 0.6 is 11.3 Å². The summed E-state index contributed by atoms with van der Waals surface area (Å²) in [7, 11) is 3.19. The van der Waals surface area contributed by atoms with Crippen LogP contribution in [0.4, 0.5) is 5.13 Å². The number of aryl methyl sites for hydroxylation is 1. The zero-order chi connectivity index (χ0) is 22.9. The first-order chi connectivity index (χ1) is 16.1. The van der Waals surface area contributed by atoms with E-state index in [2.05, 4.69) is 4.98 Å². The quantitative estimate of drug-likeness (QED) is 0.328. The number of methoxy groups -OCH3 is 2. The second kappa shape index (κ2) is 8.55. The van der Waals surface area contributed by atoms with Crippen LogP contribution in [-0.4, -0.2) is 30.1 Å². The first-order valence-corrected chi connectivity index (χ1v) is 11.1. The molecule has 1 amide bonds. The lowest BCUT2D eigenvalue weighted by atomic mass is 10.2. The van der Waals surface area contributed by atoms with Crippen molar-refractivity contribution in [2.24, 2.45) is 0 Å². The summed E-state index contributed by atoms with van der Waals surface area (Å²) in [6.45, 7) is 2.26. The minimum atomic E-state index is -0.311. The lowest BCUT2D eigenvalue weighted by Gasteiger charge is -2.18. The summed E-state index contributed by atoms with van der Waals surface area (Å²) in [5, 5.41) is 1.33. The van der Waals surface area contributed by atoms with Gasteiger partial charge in [-0.2, -0.15) is 0 Å². The maximum absolute atomic E-state index is 13.7. The van der Waals surface area contributed by atoms with Gasteiger partial charge in [0.15, 0.2) is 22.2 Å². The van der Waals surface area contributed by atoms with Crippen LogP contribution in [0.15, 0.2) is 65.2 Å². The third-order valence-corrected chi connectivity index (χ3v) is 6.59. The largest absolute Gasteiger partial charge is 0.494 e. The van der Waals surface area contributed by atoms with Gasteiger partial charge >= 0.3 is 0 Å². The minimum absolute atomic E-state index is 0.202. The highest BCUT2D eigenvalue weighted by Crippen LogP contribution is 2.38. The van der Waals surface area contributed by atoms with Crippen LogP contribution in [0.5, 0.6) is 11.5 Å². The molecular formula is C25H21N3O4S. The van der Waals surface area contributed by atoms with Crippen LogP contribution in [0.1, 0.15) is 21.8 Å². The number of hydrogen-bond acceptors (Lipinski definition) is 7. The molecule has 33 heavy (non-hydrogen) atoms. The van der Waals surface area contributed by atoms with Crippen molar-refractivity contribution in [3.63, 3.8) is 0 Å². The van der Waals surface area contributed by atoms with E-state index in [4.69, 9.17) is 18.9 Å². The van der Waals surface area contributed by atoms with Gasteiger partial charge < -0.3 is 13.9 Å². The number of amides is 1. The van der Waals surface area contributed by atoms with Crippen LogP contribution in [-0.2, 0) is 6.54 Å². The fraction of sp³-hybridized carbons (Fsp3) is 0.160. The van der Waals surface area contributed by atoms with E-state index in [0.29, 0.717) is 22.2 Å². The minimum Gasteiger partial charge on any atom is -0.494 e. The number of rotatable bonds is 6. The number of hydrogen-bond donors (Lipinski definition) is 0. The van der Waals surface area contributed by atoms with Crippen molar-refractivity contribution < 1.29 is 18.7 Å². The van der Waals surface area contributed by atoms with Crippen molar-refractivity contribution in [1.29, 1.82) is 0 Å². The molecule has 5 aromatic rings. The Kier molecular flexibility index (Phi) is 5.43. The fourth-order valence-corrected chi connectivity index (χ4v) is 4.74. The van der Waals surface area contributed by atoms with E-state index in [1.165, 1.54) is 11.3 Å². The first kappa shape index (κ1) is 21.0. The molecule has 0 bridgehead atoms. The number of benzene rings is 2. The van der Waals surface area contributed by atoms with Crippen molar-refractivity contribution in [3.8, 4) is 11.5 Å². The van der Waals surface area contributed by atoms with Crippen molar-refractivity contribution >= 4 is 43.6 Å². The zero-order valence-corrected chi connectivity index (χ0v) is 19.2. The summed E-state index contributed by atoms with van der Waals surface area (Å²) in [6.07, 6.45) is 1.70. The van der Waals surface area contributed by atoms with Gasteiger partial charge in [0.2, 0.25) is 0 Å². The smallest absolute Gasteiger partial charge is 0.296 e. The Labute approximate surface area is 194 Å². The Balaban J connectivity index is 1.63. The lowest BCUT2D eigenvalue weighted by molar-refractivity contribution is 0.0960. The fourth-order valence-electron chi connectivity index (χ4n) is 3.69. The predicted molar refractivity (Wildman–Crippen MR) is 128 cm³/mol. The van der Waals surface area contributed by atoms with E-state index >= 15 is 0 Å². The molecule has 0 saturated carbocycles. The highest BCUT2D eigenvalue weighted by Gasteiger charge is 2.26. The molecule has 0 saturated heterocycles. The number of carbonyl (C=O) groups excluding carboxylic acids is 1. The first-order valence-electron chi connectivity index (χ1n) is 10.3. The topological polar surface area (TPSA) is 77.7 Å². The molecule has 2 aromatic carbocycles. The molecular weight excluding hydrogens is 438 g/mol. The van der Waals surface area contributed by atoms with E-state index in [-0.39, 0.29) is 18.2 Å². The Morgan fingerprint density at radius 3 is 2.67 bits per heavy atom. The number of thiazole rings is 1. The van der Waals surface area contributed by atoms with Crippen LogP contribution in [0.3, 0.4) is 0 Å². The summed E-state index contributed by atoms with van der Waals surface area (Å²) >= 11 is 1.44. The SMILES string of the molecule is COc1ccc(C)c2sc(N(Cc3ccccn3)C(=O)c3cc4cccc(OC)c4o3)nc12. The maximum Gasteiger partial charge on any atom is 0.296 e. The summed E-state index contributed by atoms with van der Waals surface area (Å²) in [5.74, 6) is 1.13. The number of fused-ring (bicyclic) bond motifs is 2. The number of aromatic nitrogens is 2. The molecule has 0 unspecified atom stereocenters. The van der Waals surface area contributed by atoms with Gasteiger partial charge in [-0.1, -0.05) is 35.6 Å². The monoisotopic (exact) mass is 459 g/mol. The summed E-state index contributed by atoms with van der Waals surface area (Å²) in [5.41, 5.74) is 3.06. The number of nitrogens with zero attached hydrogens (tertiary/aromatic N) is 3. The number of anilines is 1. The van der Waals surface area contributed by atoms with Gasteiger partial charge in [-0.05, 0) is 42.8 Å². The lowest BCUT2D eigenvalue weighted by Crippen LogP contribution is -2.30. The van der Waals surface area contributed by atoms with Gasteiger partial charge in [-0.25, -0.2) is 4.98 Å². The van der Waals surface area contributed by atoms with Crippen molar-refractivity contribution in [1.82, 2.24) is 9.97 Å². The maximum atomic E-state index is 13.7. The van der Waals surface area contributed by atoms with Crippen molar-refractivity contribution in [2.45, 2.75) is 13.5 Å². The molecule has 0 spiro atoms. The Hall–Kier alpha value is -3.91. The third-order valence-electron chi connectivity index (χ3n) is 5.37. The molecule has 8 heteroatoms. The zero-order valence-electron chi connectivity index (χ0n) is 18.4. The van der Waals surface area contributed by atoms with Gasteiger partial charge in [0.25, 0.3) is 5.91 Å². The second-order valence-corrected chi connectivity index (χ2v) is 8.44. The number of pyridine rings is 1. The summed E-state index contributed by atoms with van der Waals surface area (Å²) in [6, 6.07) is 16.7. The third kappa shape index (κ3) is 3.78. The van der Waals surface area contributed by atoms with Crippen LogP contribution < -0.4 is 14.4 Å². The average molecular weight is 460 g/mol. The molecule has 3 aromatic heterocycles. The molecule has 7 nitrogen and oxygen atoms in total. The van der Waals surface area contributed by atoms with E-state index in [0.717, 1.165) is 26.9 Å². The molecule has 166 valence electrons. The molecule has 0 radical (unpaired) electrons. The van der Waals surface area contributed by atoms with E-state index in [1.807, 2.05) is 49.4 Å². The molecule has 0 aliphatic carbocycles. The number of carbonyl (C=O) groups is 1. The van der Waals surface area contributed by atoms with Crippen LogP contribution in [0.2, 0.25) is 0 Å². The van der Waals surface area contributed by atoms with Gasteiger partial charge in [0.05, 0.1) is 31.2 Å². The average Bonchev–Trinajstić information content (AvgIpc) is 3.48. The van der Waals surface area contributed by atoms with Crippen molar-refractivity contribution in [2.75, 3.05) is 19.1 Å². The molecule has 0 aliphatic heterocycles. The molecule has 0 atom stereocenters. The van der Waals surface area contributed by atoms with Gasteiger partial charge in [-0.15, -0.1) is 0 Å². The molecule has 0 N–H and O–H groups in total. The Morgan fingerprint density at radius 1 is 1.06 bits per heavy atom. The number of ether oxygens (including phenoxy) is 2. The van der Waals surface area contributed by atoms with Crippen LogP contribution in [0, 0.1) is 6.92 Å². The predicted octanol–water partition coefficient (Wildman–Crippen LogP) is 5.61. The summed E-state index contributed by atoms with van der Waals surface area (Å²) in [4.78, 5) is 24.5. The number of furan rings is 1. The Bertz CT molecular complexity index is 1460. The second-order valence-electron chi connectivity index (χ2n) is 7.46. The van der Waals surface area contributed by atoms with Crippen LogP contribution in [0.25, 0.3) is 21.2 Å². The van der Waals surface area contributed by atoms with Gasteiger partial charge in [0, 0.05) is 11.6 Å². The molecule has 5 rings (SSSR count). The standard InChI is InChI=1S/C25H21N3O4S/c1-15-10-11-18(30-2)21-23(15)33-25(27-21)28(14-17-8-4-5-12-26-17)24(29)20-13-16-7-6-9-19(31-3)22(16)32-20/h4-13H,14H2,1-3H3. The normalized spacial score (nSPS) is 11.1. The van der Waals surface area contributed by atoms with Gasteiger partial charge in [-0.3, -0.25) is 14.7 Å². The molecule has 0 fully saturated rings. The van der Waals surface area contributed by atoms with E-state index in [1.54, 1.807) is 37.4 Å². The van der Waals surface area contributed by atoms with E-state index < -0.39 is 0 Å². The highest BCUT2D eigenvalue weighted by atomic mass is 32.1. The van der Waals surface area contributed by atoms with Gasteiger partial charge in [0.1, 0.15) is 11.3 Å². The number of para-hydroxylation sites is 1. The molecule has 0 aliphatic rings. The summed E-state index contributed by atoms with van der Waals surface area (Å²) < 4.78 is 17.8. The Morgan fingerprint density at radius 2 is 1.91 bits per heavy atom. The van der Waals surface area contributed by atoms with Crippen molar-refractivity contribution in [3.05, 3.63) is 77.8 Å².